The van der Waals surface area contributed by atoms with Crippen molar-refractivity contribution in [3.05, 3.63) is 70.7 Å². The van der Waals surface area contributed by atoms with Gasteiger partial charge in [0.1, 0.15) is 6.04 Å². The Morgan fingerprint density at radius 1 is 1.08 bits per heavy atom. The molecule has 0 fully saturated rings. The topological polar surface area (TPSA) is 58.2 Å². The van der Waals surface area contributed by atoms with Crippen LogP contribution in [-0.2, 0) is 11.3 Å². The van der Waals surface area contributed by atoms with Crippen molar-refractivity contribution in [2.45, 2.75) is 32.9 Å². The van der Waals surface area contributed by atoms with Gasteiger partial charge in [-0.2, -0.15) is 0 Å². The fourth-order valence-electron chi connectivity index (χ4n) is 2.46. The Labute approximate surface area is 153 Å². The van der Waals surface area contributed by atoms with Crippen molar-refractivity contribution in [1.29, 1.82) is 0 Å². The first-order valence-corrected chi connectivity index (χ1v) is 8.77. The zero-order valence-electron chi connectivity index (χ0n) is 14.5. The fraction of sp³-hybridized carbons (Fsp3) is 0.300. The van der Waals surface area contributed by atoms with E-state index >= 15 is 0 Å². The first-order valence-electron chi connectivity index (χ1n) is 8.39. The molecule has 0 heterocycles. The van der Waals surface area contributed by atoms with Crippen LogP contribution in [-0.4, -0.2) is 17.9 Å². The highest BCUT2D eigenvalue weighted by Crippen LogP contribution is 2.12. The molecule has 0 aromatic heterocycles. The number of halogens is 1. The van der Waals surface area contributed by atoms with Gasteiger partial charge in [-0.1, -0.05) is 62.2 Å². The Morgan fingerprint density at radius 2 is 1.80 bits per heavy atom. The third-order valence-corrected chi connectivity index (χ3v) is 4.41. The van der Waals surface area contributed by atoms with Crippen molar-refractivity contribution in [1.82, 2.24) is 10.6 Å². The van der Waals surface area contributed by atoms with E-state index in [2.05, 4.69) is 10.6 Å². The lowest BCUT2D eigenvalue weighted by Gasteiger charge is -2.23. The Kier molecular flexibility index (Phi) is 7.02. The molecule has 2 aromatic carbocycles. The number of amides is 2. The zero-order chi connectivity index (χ0) is 18.2. The lowest BCUT2D eigenvalue weighted by atomic mass is 9.97. The van der Waals surface area contributed by atoms with Gasteiger partial charge in [-0.25, -0.2) is 0 Å². The average molecular weight is 359 g/mol. The van der Waals surface area contributed by atoms with Crippen molar-refractivity contribution < 1.29 is 9.59 Å². The van der Waals surface area contributed by atoms with E-state index in [1.165, 1.54) is 0 Å². The number of carbonyl (C=O) groups is 2. The SMILES string of the molecule is CC[C@H](C)[C@H](NC(=O)c1ccccc1)C(=O)NCc1cccc(Cl)c1. The van der Waals surface area contributed by atoms with E-state index in [0.29, 0.717) is 17.1 Å². The van der Waals surface area contributed by atoms with Crippen molar-refractivity contribution in [2.75, 3.05) is 0 Å². The molecule has 4 nitrogen and oxygen atoms in total. The summed E-state index contributed by atoms with van der Waals surface area (Å²) in [4.78, 5) is 25.0. The van der Waals surface area contributed by atoms with E-state index in [1.54, 1.807) is 30.3 Å². The van der Waals surface area contributed by atoms with Crippen LogP contribution in [0.1, 0.15) is 36.2 Å². The molecule has 0 aliphatic rings. The molecule has 5 heteroatoms. The van der Waals surface area contributed by atoms with Crippen LogP contribution in [0, 0.1) is 5.92 Å². The molecular weight excluding hydrogens is 336 g/mol. The van der Waals surface area contributed by atoms with E-state index in [1.807, 2.05) is 38.1 Å². The van der Waals surface area contributed by atoms with Gasteiger partial charge in [-0.15, -0.1) is 0 Å². The Morgan fingerprint density at radius 3 is 2.44 bits per heavy atom. The second-order valence-electron chi connectivity index (χ2n) is 6.05. The number of carbonyl (C=O) groups excluding carboxylic acids is 2. The molecule has 25 heavy (non-hydrogen) atoms. The Hall–Kier alpha value is -2.33. The molecule has 2 rings (SSSR count). The summed E-state index contributed by atoms with van der Waals surface area (Å²) >= 11 is 5.96. The number of rotatable bonds is 7. The second-order valence-corrected chi connectivity index (χ2v) is 6.49. The molecule has 0 aliphatic heterocycles. The minimum absolute atomic E-state index is 0.0204. The highest BCUT2D eigenvalue weighted by molar-refractivity contribution is 6.30. The first-order chi connectivity index (χ1) is 12.0. The van der Waals surface area contributed by atoms with Crippen LogP contribution in [0.15, 0.2) is 54.6 Å². The van der Waals surface area contributed by atoms with Gasteiger partial charge in [0.25, 0.3) is 5.91 Å². The summed E-state index contributed by atoms with van der Waals surface area (Å²) in [5.74, 6) is -0.422. The summed E-state index contributed by atoms with van der Waals surface area (Å²) in [6.07, 6.45) is 0.782. The first kappa shape index (κ1) is 19.0. The fourth-order valence-corrected chi connectivity index (χ4v) is 2.67. The number of benzene rings is 2. The largest absolute Gasteiger partial charge is 0.350 e. The molecule has 0 aliphatic carbocycles. The molecule has 0 radical (unpaired) electrons. The Balaban J connectivity index is 2.03. The lowest BCUT2D eigenvalue weighted by molar-refractivity contribution is -0.124. The Bertz CT molecular complexity index is 719. The van der Waals surface area contributed by atoms with E-state index in [0.717, 1.165) is 12.0 Å². The highest BCUT2D eigenvalue weighted by Gasteiger charge is 2.26. The normalized spacial score (nSPS) is 12.9. The van der Waals surface area contributed by atoms with Crippen molar-refractivity contribution in [3.8, 4) is 0 Å². The van der Waals surface area contributed by atoms with Gasteiger partial charge in [0.15, 0.2) is 0 Å². The molecule has 0 bridgehead atoms. The molecular formula is C20H23ClN2O2. The standard InChI is InChI=1S/C20H23ClN2O2/c1-3-14(2)18(23-19(24)16-9-5-4-6-10-16)20(25)22-13-15-8-7-11-17(21)12-15/h4-12,14,18H,3,13H2,1-2H3,(H,22,25)(H,23,24)/t14-,18-/m0/s1. The van der Waals surface area contributed by atoms with Crippen LogP contribution >= 0.6 is 11.6 Å². The van der Waals surface area contributed by atoms with E-state index in [-0.39, 0.29) is 17.7 Å². The third-order valence-electron chi connectivity index (χ3n) is 4.17. The van der Waals surface area contributed by atoms with Gasteiger partial charge in [-0.05, 0) is 35.7 Å². The van der Waals surface area contributed by atoms with Crippen LogP contribution in [0.5, 0.6) is 0 Å². The van der Waals surface area contributed by atoms with E-state index in [4.69, 9.17) is 11.6 Å². The smallest absolute Gasteiger partial charge is 0.251 e. The maximum absolute atomic E-state index is 12.6. The van der Waals surface area contributed by atoms with Gasteiger partial charge < -0.3 is 10.6 Å². The number of nitrogens with one attached hydrogen (secondary N) is 2. The summed E-state index contributed by atoms with van der Waals surface area (Å²) < 4.78 is 0. The van der Waals surface area contributed by atoms with Crippen molar-refractivity contribution in [3.63, 3.8) is 0 Å². The van der Waals surface area contributed by atoms with Gasteiger partial charge in [0.05, 0.1) is 0 Å². The predicted octanol–water partition coefficient (Wildman–Crippen LogP) is 3.80. The summed E-state index contributed by atoms with van der Waals surface area (Å²) in [6.45, 7) is 4.32. The summed E-state index contributed by atoms with van der Waals surface area (Å²) in [5.41, 5.74) is 1.46. The van der Waals surface area contributed by atoms with Crippen LogP contribution in [0.2, 0.25) is 5.02 Å². The summed E-state index contributed by atoms with van der Waals surface area (Å²) in [7, 11) is 0. The molecule has 0 saturated heterocycles. The molecule has 0 spiro atoms. The molecule has 2 N–H and O–H groups in total. The second kappa shape index (κ2) is 9.23. The van der Waals surface area contributed by atoms with Crippen molar-refractivity contribution in [2.24, 2.45) is 5.92 Å². The maximum atomic E-state index is 12.6. The van der Waals surface area contributed by atoms with E-state index < -0.39 is 6.04 Å². The van der Waals surface area contributed by atoms with Crippen LogP contribution in [0.4, 0.5) is 0 Å². The summed E-state index contributed by atoms with van der Waals surface area (Å²) in [5, 5.41) is 6.37. The maximum Gasteiger partial charge on any atom is 0.251 e. The minimum Gasteiger partial charge on any atom is -0.350 e. The van der Waals surface area contributed by atoms with Crippen LogP contribution in [0.3, 0.4) is 0 Å². The van der Waals surface area contributed by atoms with Gasteiger partial charge in [-0.3, -0.25) is 9.59 Å². The lowest BCUT2D eigenvalue weighted by Crippen LogP contribution is -2.50. The molecule has 0 saturated carbocycles. The van der Waals surface area contributed by atoms with Gasteiger partial charge in [0, 0.05) is 17.1 Å². The molecule has 2 atom stereocenters. The molecule has 132 valence electrons. The third kappa shape index (κ3) is 5.61. The molecule has 0 unspecified atom stereocenters. The zero-order valence-corrected chi connectivity index (χ0v) is 15.2. The predicted molar refractivity (Wildman–Crippen MR) is 100 cm³/mol. The molecule has 2 aromatic rings. The van der Waals surface area contributed by atoms with E-state index in [9.17, 15) is 9.59 Å². The van der Waals surface area contributed by atoms with Crippen LogP contribution < -0.4 is 10.6 Å². The molecule has 2 amide bonds. The average Bonchev–Trinajstić information content (AvgIpc) is 2.64. The monoisotopic (exact) mass is 358 g/mol. The number of hydrogen-bond acceptors (Lipinski definition) is 2. The van der Waals surface area contributed by atoms with Crippen molar-refractivity contribution >= 4 is 23.4 Å². The number of hydrogen-bond donors (Lipinski definition) is 2. The minimum atomic E-state index is -0.586. The quantitative estimate of drug-likeness (QED) is 0.790. The van der Waals surface area contributed by atoms with Gasteiger partial charge in [0.2, 0.25) is 5.91 Å². The van der Waals surface area contributed by atoms with Gasteiger partial charge >= 0.3 is 0 Å². The highest BCUT2D eigenvalue weighted by atomic mass is 35.5. The summed E-state index contributed by atoms with van der Waals surface area (Å²) in [6, 6.07) is 15.6. The van der Waals surface area contributed by atoms with Crippen LogP contribution in [0.25, 0.3) is 0 Å².